The Morgan fingerprint density at radius 1 is 1.33 bits per heavy atom. The van der Waals surface area contributed by atoms with E-state index >= 15 is 0 Å². The van der Waals surface area contributed by atoms with Gasteiger partial charge in [-0.25, -0.2) is 9.78 Å². The van der Waals surface area contributed by atoms with Crippen LogP contribution in [0.4, 0.5) is 16.3 Å². The predicted octanol–water partition coefficient (Wildman–Crippen LogP) is 2.35. The molecular formula is C21H25N5O4. The lowest BCUT2D eigenvalue weighted by Gasteiger charge is -2.32. The molecule has 5 rings (SSSR count). The highest BCUT2D eigenvalue weighted by Crippen LogP contribution is 2.37. The van der Waals surface area contributed by atoms with E-state index in [-0.39, 0.29) is 30.0 Å². The maximum Gasteiger partial charge on any atom is 0.415 e. The zero-order chi connectivity index (χ0) is 20.8. The largest absolute Gasteiger partial charge is 0.491 e. The standard InChI is InChI=1S/C21H25N5O4/c1-12-11-30-21(28)26(12)17-10-25-7-8-29-16-9-14(5-6-15(16)20(25)24-17)23-18(19(22)27)13-3-2-4-13/h5-6,9-10,12-13,18,23H,2-4,7-8,11H2,1H3,(H2,22,27)/t12-,18?/m1/s1. The number of benzene rings is 1. The van der Waals surface area contributed by atoms with E-state index in [0.717, 1.165) is 36.3 Å². The van der Waals surface area contributed by atoms with Gasteiger partial charge in [0.05, 0.1) is 18.2 Å². The van der Waals surface area contributed by atoms with Crippen molar-refractivity contribution in [2.24, 2.45) is 11.7 Å². The summed E-state index contributed by atoms with van der Waals surface area (Å²) in [5.74, 6) is 1.95. The van der Waals surface area contributed by atoms with Gasteiger partial charge in [0, 0.05) is 18.0 Å². The lowest BCUT2D eigenvalue weighted by Crippen LogP contribution is -2.44. The van der Waals surface area contributed by atoms with Crippen LogP contribution < -0.4 is 20.7 Å². The van der Waals surface area contributed by atoms with Gasteiger partial charge in [-0.3, -0.25) is 9.69 Å². The Bertz CT molecular complexity index is 999. The second-order valence-corrected chi connectivity index (χ2v) is 8.19. The number of nitrogens with zero attached hydrogens (tertiary/aromatic N) is 3. The first-order valence-electron chi connectivity index (χ1n) is 10.4. The highest BCUT2D eigenvalue weighted by Gasteiger charge is 2.34. The summed E-state index contributed by atoms with van der Waals surface area (Å²) in [5.41, 5.74) is 7.25. The fraction of sp³-hybridized carbons (Fsp3) is 0.476. The predicted molar refractivity (Wildman–Crippen MR) is 110 cm³/mol. The van der Waals surface area contributed by atoms with Crippen molar-refractivity contribution in [3.63, 3.8) is 0 Å². The van der Waals surface area contributed by atoms with E-state index in [1.807, 2.05) is 35.9 Å². The fourth-order valence-electron chi connectivity index (χ4n) is 4.28. The van der Waals surface area contributed by atoms with Crippen molar-refractivity contribution in [1.82, 2.24) is 9.55 Å². The molecule has 2 atom stereocenters. The average Bonchev–Trinajstić information content (AvgIpc) is 3.18. The summed E-state index contributed by atoms with van der Waals surface area (Å²) in [7, 11) is 0. The second kappa shape index (κ2) is 7.23. The van der Waals surface area contributed by atoms with Crippen LogP contribution in [0.15, 0.2) is 24.4 Å². The van der Waals surface area contributed by atoms with E-state index in [0.29, 0.717) is 31.3 Å². The summed E-state index contributed by atoms with van der Waals surface area (Å²) < 4.78 is 13.1. The molecule has 2 fully saturated rings. The van der Waals surface area contributed by atoms with Gasteiger partial charge in [-0.2, -0.15) is 0 Å². The first-order valence-corrected chi connectivity index (χ1v) is 10.4. The van der Waals surface area contributed by atoms with E-state index in [4.69, 9.17) is 20.2 Å². The minimum absolute atomic E-state index is 0.0591. The van der Waals surface area contributed by atoms with E-state index in [2.05, 4.69) is 5.32 Å². The molecule has 0 spiro atoms. The molecule has 30 heavy (non-hydrogen) atoms. The van der Waals surface area contributed by atoms with Crippen LogP contribution in [0, 0.1) is 5.92 Å². The van der Waals surface area contributed by atoms with Crippen molar-refractivity contribution in [2.45, 2.75) is 44.8 Å². The smallest absolute Gasteiger partial charge is 0.415 e. The van der Waals surface area contributed by atoms with Crippen LogP contribution in [-0.2, 0) is 16.1 Å². The zero-order valence-corrected chi connectivity index (χ0v) is 16.8. The van der Waals surface area contributed by atoms with Crippen LogP contribution >= 0.6 is 0 Å². The number of hydrogen-bond donors (Lipinski definition) is 2. The summed E-state index contributed by atoms with van der Waals surface area (Å²) in [6, 6.07) is 5.29. The van der Waals surface area contributed by atoms with Gasteiger partial charge in [0.2, 0.25) is 5.91 Å². The number of imidazole rings is 1. The maximum absolute atomic E-state index is 12.1. The molecule has 1 saturated carbocycles. The number of primary amides is 1. The maximum atomic E-state index is 12.1. The highest BCUT2D eigenvalue weighted by molar-refractivity contribution is 5.89. The Morgan fingerprint density at radius 3 is 2.83 bits per heavy atom. The molecule has 1 unspecified atom stereocenters. The van der Waals surface area contributed by atoms with Gasteiger partial charge in [-0.15, -0.1) is 0 Å². The Morgan fingerprint density at radius 2 is 2.17 bits per heavy atom. The first kappa shape index (κ1) is 18.8. The van der Waals surface area contributed by atoms with Crippen molar-refractivity contribution >= 4 is 23.5 Å². The Labute approximate surface area is 174 Å². The quantitative estimate of drug-likeness (QED) is 0.781. The summed E-state index contributed by atoms with van der Waals surface area (Å²) in [6.45, 7) is 3.38. The van der Waals surface area contributed by atoms with Crippen LogP contribution in [0.3, 0.4) is 0 Å². The van der Waals surface area contributed by atoms with Crippen molar-refractivity contribution in [3.05, 3.63) is 24.4 Å². The number of hydrogen-bond acceptors (Lipinski definition) is 6. The lowest BCUT2D eigenvalue weighted by atomic mass is 9.79. The molecule has 3 aliphatic rings. The van der Waals surface area contributed by atoms with Gasteiger partial charge in [0.1, 0.15) is 30.8 Å². The summed E-state index contributed by atoms with van der Waals surface area (Å²) >= 11 is 0. The van der Waals surface area contributed by atoms with Gasteiger partial charge >= 0.3 is 6.09 Å². The van der Waals surface area contributed by atoms with Crippen LogP contribution in [-0.4, -0.2) is 46.8 Å². The fourth-order valence-corrected chi connectivity index (χ4v) is 4.28. The monoisotopic (exact) mass is 411 g/mol. The molecule has 0 bridgehead atoms. The van der Waals surface area contributed by atoms with Gasteiger partial charge in [-0.05, 0) is 37.8 Å². The topological polar surface area (TPSA) is 112 Å². The Balaban J connectivity index is 1.45. The molecule has 2 amide bonds. The van der Waals surface area contributed by atoms with Crippen molar-refractivity contribution in [1.29, 1.82) is 0 Å². The Kier molecular flexibility index (Phi) is 4.52. The molecule has 1 aromatic carbocycles. The number of rotatable bonds is 5. The molecule has 1 aliphatic carbocycles. The molecule has 9 heteroatoms. The molecular weight excluding hydrogens is 386 g/mol. The second-order valence-electron chi connectivity index (χ2n) is 8.19. The minimum Gasteiger partial charge on any atom is -0.491 e. The number of carbonyl (C=O) groups is 2. The molecule has 1 saturated heterocycles. The van der Waals surface area contributed by atoms with E-state index in [9.17, 15) is 9.59 Å². The molecule has 3 heterocycles. The number of nitrogens with one attached hydrogen (secondary N) is 1. The van der Waals surface area contributed by atoms with Crippen molar-refractivity contribution in [3.8, 4) is 17.1 Å². The van der Waals surface area contributed by atoms with Crippen LogP contribution in [0.1, 0.15) is 26.2 Å². The van der Waals surface area contributed by atoms with E-state index in [1.54, 1.807) is 4.90 Å². The number of carbonyl (C=O) groups excluding carboxylic acids is 2. The number of ether oxygens (including phenoxy) is 2. The number of nitrogens with two attached hydrogens (primary N) is 1. The minimum atomic E-state index is -0.376. The van der Waals surface area contributed by atoms with E-state index in [1.165, 1.54) is 0 Å². The van der Waals surface area contributed by atoms with Gasteiger partial charge in [0.15, 0.2) is 5.82 Å². The third kappa shape index (κ3) is 3.14. The number of aromatic nitrogens is 2. The number of cyclic esters (lactones) is 1. The van der Waals surface area contributed by atoms with Crippen LogP contribution in [0.25, 0.3) is 11.4 Å². The summed E-state index contributed by atoms with van der Waals surface area (Å²) in [5, 5.41) is 3.29. The number of amides is 2. The normalized spacial score (nSPS) is 21.6. The summed E-state index contributed by atoms with van der Waals surface area (Å²) in [4.78, 5) is 30.3. The Hall–Kier alpha value is -3.23. The SMILES string of the molecule is C[C@@H]1COC(=O)N1c1cn2c(n1)-c1ccc(NC(C(N)=O)C3CCC3)cc1OCC2. The van der Waals surface area contributed by atoms with Gasteiger partial charge in [0.25, 0.3) is 0 Å². The number of fused-ring (bicyclic) bond motifs is 3. The number of anilines is 2. The first-order chi connectivity index (χ1) is 14.5. The van der Waals surface area contributed by atoms with Crippen molar-refractivity contribution < 1.29 is 19.1 Å². The molecule has 9 nitrogen and oxygen atoms in total. The molecule has 2 aliphatic heterocycles. The molecule has 0 radical (unpaired) electrons. The average molecular weight is 411 g/mol. The third-order valence-electron chi connectivity index (χ3n) is 6.16. The van der Waals surface area contributed by atoms with Crippen LogP contribution in [0.2, 0.25) is 0 Å². The van der Waals surface area contributed by atoms with Crippen molar-refractivity contribution in [2.75, 3.05) is 23.4 Å². The highest BCUT2D eigenvalue weighted by atomic mass is 16.6. The van der Waals surface area contributed by atoms with Gasteiger partial charge in [-0.1, -0.05) is 6.42 Å². The lowest BCUT2D eigenvalue weighted by molar-refractivity contribution is -0.120. The summed E-state index contributed by atoms with van der Waals surface area (Å²) in [6.07, 6.45) is 4.65. The van der Waals surface area contributed by atoms with E-state index < -0.39 is 0 Å². The molecule has 158 valence electrons. The van der Waals surface area contributed by atoms with Gasteiger partial charge < -0.3 is 25.1 Å². The third-order valence-corrected chi connectivity index (χ3v) is 6.16. The molecule has 3 N–H and O–H groups in total. The molecule has 1 aromatic heterocycles. The molecule has 2 aromatic rings. The zero-order valence-electron chi connectivity index (χ0n) is 16.8. The van der Waals surface area contributed by atoms with Crippen LogP contribution in [0.5, 0.6) is 5.75 Å².